The number of nitrogens with zero attached hydrogens (tertiary/aromatic N) is 7. The lowest BCUT2D eigenvalue weighted by Gasteiger charge is -2.45. The van der Waals surface area contributed by atoms with Crippen molar-refractivity contribution in [2.24, 2.45) is 0 Å². The summed E-state index contributed by atoms with van der Waals surface area (Å²) < 4.78 is 11.5. The topological polar surface area (TPSA) is 120 Å². The summed E-state index contributed by atoms with van der Waals surface area (Å²) in [4.78, 5) is 39.8. The van der Waals surface area contributed by atoms with Crippen molar-refractivity contribution in [3.05, 3.63) is 66.8 Å². The smallest absolute Gasteiger partial charge is 0.247 e. The van der Waals surface area contributed by atoms with Gasteiger partial charge in [-0.05, 0) is 69.5 Å². The number of hydrogen-bond acceptors (Lipinski definition) is 12. The lowest BCUT2D eigenvalue weighted by molar-refractivity contribution is -0.111. The third kappa shape index (κ3) is 7.70. The molecule has 13 heteroatoms. The number of nitrogens with one attached hydrogen (secondary N) is 2. The largest absolute Gasteiger partial charge is 0.494 e. The van der Waals surface area contributed by atoms with Gasteiger partial charge < -0.3 is 29.9 Å². The van der Waals surface area contributed by atoms with Crippen LogP contribution in [0.15, 0.2) is 55.5 Å². The van der Waals surface area contributed by atoms with Crippen LogP contribution in [0.3, 0.4) is 0 Å². The molecule has 0 radical (unpaired) electrons. The number of hydrogen-bond donors (Lipinski definition) is 2. The van der Waals surface area contributed by atoms with Gasteiger partial charge in [0.05, 0.1) is 50.0 Å². The number of benzene rings is 1. The first-order valence-corrected chi connectivity index (χ1v) is 17.9. The van der Waals surface area contributed by atoms with Crippen LogP contribution in [-0.2, 0) is 14.4 Å². The highest BCUT2D eigenvalue weighted by Gasteiger charge is 2.32. The summed E-state index contributed by atoms with van der Waals surface area (Å²) in [6.45, 7) is 14.2. The quantitative estimate of drug-likeness (QED) is 0.288. The number of carbonyl (C=O) groups is 1. The Hall–Kier alpha value is -4.30. The van der Waals surface area contributed by atoms with E-state index in [1.54, 1.807) is 7.11 Å². The molecule has 0 bridgehead atoms. The summed E-state index contributed by atoms with van der Waals surface area (Å²) >= 11 is 0. The highest BCUT2D eigenvalue weighted by Crippen LogP contribution is 2.41. The second-order valence-electron chi connectivity index (χ2n) is 13.5. The number of likely N-dealkylation sites (tertiary alicyclic amines) is 1. The van der Waals surface area contributed by atoms with E-state index < -0.39 is 0 Å². The van der Waals surface area contributed by atoms with Crippen LogP contribution in [0.5, 0.6) is 5.75 Å². The van der Waals surface area contributed by atoms with Crippen molar-refractivity contribution < 1.29 is 19.1 Å². The highest BCUT2D eigenvalue weighted by molar-refractivity contribution is 6.02. The normalized spacial score (nSPS) is 21.3. The molecule has 4 saturated heterocycles. The number of aryl methyl sites for hydroxylation is 1. The van der Waals surface area contributed by atoms with Crippen molar-refractivity contribution in [1.82, 2.24) is 24.8 Å². The van der Waals surface area contributed by atoms with E-state index in [1.807, 2.05) is 42.4 Å². The number of pyridine rings is 1. The SMILES string of the molecule is C=CC(=O)Nc1cc(Nc2cc(N3OCC[C@@H]3c3ccc(C)nc3)ncn2)c(OC)cc1N1CCC(N2CCC(N3CCOCC3)CC2)CC1. The number of hydroxylamine groups is 1. The molecule has 4 aliphatic heterocycles. The maximum Gasteiger partial charge on any atom is 0.247 e. The van der Waals surface area contributed by atoms with Crippen molar-refractivity contribution in [2.45, 2.75) is 57.2 Å². The van der Waals surface area contributed by atoms with Crippen molar-refractivity contribution in [3.8, 4) is 5.75 Å². The zero-order chi connectivity index (χ0) is 34.5. The summed E-state index contributed by atoms with van der Waals surface area (Å²) in [7, 11) is 1.66. The van der Waals surface area contributed by atoms with Crippen molar-refractivity contribution in [2.75, 3.05) is 86.8 Å². The molecule has 1 aromatic carbocycles. The van der Waals surface area contributed by atoms with Crippen LogP contribution in [0.25, 0.3) is 0 Å². The summed E-state index contributed by atoms with van der Waals surface area (Å²) in [5.74, 6) is 1.57. The molecule has 6 heterocycles. The summed E-state index contributed by atoms with van der Waals surface area (Å²) in [6, 6.07) is 11.1. The molecule has 0 saturated carbocycles. The number of ether oxygens (including phenoxy) is 2. The molecule has 13 nitrogen and oxygen atoms in total. The fraction of sp³-hybridized carbons (Fsp3) is 0.514. The van der Waals surface area contributed by atoms with Crippen molar-refractivity contribution in [3.63, 3.8) is 0 Å². The summed E-state index contributed by atoms with van der Waals surface area (Å²) in [6.07, 6.45) is 10.1. The van der Waals surface area contributed by atoms with Gasteiger partial charge >= 0.3 is 0 Å². The third-order valence-electron chi connectivity index (χ3n) is 10.5. The number of aromatic nitrogens is 3. The van der Waals surface area contributed by atoms with Gasteiger partial charge in [0, 0.05) is 68.7 Å². The summed E-state index contributed by atoms with van der Waals surface area (Å²) in [5.41, 5.74) is 4.32. The molecule has 4 fully saturated rings. The molecule has 2 N–H and O–H groups in total. The molecule has 266 valence electrons. The molecule has 7 rings (SSSR count). The minimum absolute atomic E-state index is 0.00792. The second-order valence-corrected chi connectivity index (χ2v) is 13.5. The average Bonchev–Trinajstić information content (AvgIpc) is 3.66. The molecule has 50 heavy (non-hydrogen) atoms. The first kappa shape index (κ1) is 34.2. The maximum absolute atomic E-state index is 12.6. The Morgan fingerprint density at radius 2 is 1.64 bits per heavy atom. The Morgan fingerprint density at radius 3 is 2.34 bits per heavy atom. The number of methoxy groups -OCH3 is 1. The number of morpholine rings is 1. The summed E-state index contributed by atoms with van der Waals surface area (Å²) in [5, 5.41) is 8.27. The van der Waals surface area contributed by atoms with Crippen molar-refractivity contribution >= 4 is 34.6 Å². The van der Waals surface area contributed by atoms with Gasteiger partial charge in [0.25, 0.3) is 0 Å². The third-order valence-corrected chi connectivity index (χ3v) is 10.5. The molecule has 0 aliphatic carbocycles. The lowest BCUT2D eigenvalue weighted by Crippen LogP contribution is -2.52. The number of amides is 1. The van der Waals surface area contributed by atoms with Gasteiger partial charge in [-0.2, -0.15) is 0 Å². The number of carbonyl (C=O) groups excluding carboxylic acids is 1. The minimum atomic E-state index is -0.271. The van der Waals surface area contributed by atoms with Crippen LogP contribution in [0.4, 0.5) is 28.7 Å². The fourth-order valence-corrected chi connectivity index (χ4v) is 7.76. The minimum Gasteiger partial charge on any atom is -0.494 e. The van der Waals surface area contributed by atoms with E-state index in [2.05, 4.69) is 52.9 Å². The van der Waals surface area contributed by atoms with E-state index in [0.717, 1.165) is 88.7 Å². The van der Waals surface area contributed by atoms with Crippen LogP contribution >= 0.6 is 0 Å². The van der Waals surface area contributed by atoms with E-state index in [1.165, 1.54) is 25.2 Å². The van der Waals surface area contributed by atoms with Crippen LogP contribution in [0.2, 0.25) is 0 Å². The monoisotopic (exact) mass is 683 g/mol. The van der Waals surface area contributed by atoms with Gasteiger partial charge in [0.2, 0.25) is 5.91 Å². The van der Waals surface area contributed by atoms with E-state index in [4.69, 9.17) is 14.3 Å². The van der Waals surface area contributed by atoms with E-state index >= 15 is 0 Å². The maximum atomic E-state index is 12.6. The van der Waals surface area contributed by atoms with Crippen molar-refractivity contribution in [1.29, 1.82) is 0 Å². The molecular weight excluding hydrogens is 634 g/mol. The fourth-order valence-electron chi connectivity index (χ4n) is 7.76. The number of rotatable bonds is 10. The van der Waals surface area contributed by atoms with E-state index in [-0.39, 0.29) is 11.9 Å². The van der Waals surface area contributed by atoms with Gasteiger partial charge in [0.1, 0.15) is 17.9 Å². The molecule has 1 atom stereocenters. The molecule has 3 aromatic rings. The molecule has 4 aliphatic rings. The standard InChI is InChI=1S/C37H49N9O4/c1-4-37(47)42-30-21-31(41-35-23-36(40-25-39-35)46-32(11-18-50-46)27-6-5-26(2)38-24-27)34(48-3)22-33(30)45-14-9-28(10-15-45)43-12-7-29(8-13-43)44-16-19-49-20-17-44/h4-6,21-25,28-29,32H,1,7-20H2,2-3H3,(H,42,47)(H,39,40,41)/t32-/m1/s1. The lowest BCUT2D eigenvalue weighted by atomic mass is 9.96. The number of anilines is 5. The first-order valence-electron chi connectivity index (χ1n) is 17.9. The van der Waals surface area contributed by atoms with Gasteiger partial charge in [0.15, 0.2) is 5.82 Å². The second kappa shape index (κ2) is 15.7. The van der Waals surface area contributed by atoms with Gasteiger partial charge in [-0.25, -0.2) is 15.0 Å². The predicted octanol–water partition coefficient (Wildman–Crippen LogP) is 4.71. The van der Waals surface area contributed by atoms with Gasteiger partial charge in [-0.1, -0.05) is 12.6 Å². The Morgan fingerprint density at radius 1 is 0.900 bits per heavy atom. The van der Waals surface area contributed by atoms with Crippen LogP contribution in [0, 0.1) is 6.92 Å². The predicted molar refractivity (Wildman–Crippen MR) is 194 cm³/mol. The molecule has 1 amide bonds. The van der Waals surface area contributed by atoms with Crippen LogP contribution in [-0.4, -0.2) is 109 Å². The number of piperidine rings is 2. The molecule has 2 aromatic heterocycles. The Kier molecular flexibility index (Phi) is 10.7. The van der Waals surface area contributed by atoms with E-state index in [9.17, 15) is 4.79 Å². The van der Waals surface area contributed by atoms with E-state index in [0.29, 0.717) is 47.5 Å². The highest BCUT2D eigenvalue weighted by atomic mass is 16.7. The zero-order valence-corrected chi connectivity index (χ0v) is 29.2. The zero-order valence-electron chi connectivity index (χ0n) is 29.2. The van der Waals surface area contributed by atoms with Gasteiger partial charge in [-0.15, -0.1) is 0 Å². The van der Waals surface area contributed by atoms with Crippen LogP contribution < -0.4 is 25.3 Å². The van der Waals surface area contributed by atoms with Crippen LogP contribution in [0.1, 0.15) is 49.4 Å². The first-order chi connectivity index (χ1) is 24.5. The molecule has 0 unspecified atom stereocenters. The Bertz CT molecular complexity index is 1620. The Balaban J connectivity index is 1.05. The van der Waals surface area contributed by atoms with Gasteiger partial charge in [-0.3, -0.25) is 19.5 Å². The molecular formula is C37H49N9O4. The molecule has 0 spiro atoms. The average molecular weight is 684 g/mol. The Labute approximate surface area is 294 Å².